The molecule has 2 rings (SSSR count). The molecule has 0 saturated heterocycles. The number of benzene rings is 2. The van der Waals surface area contributed by atoms with Gasteiger partial charge in [0.05, 0.1) is 17.0 Å². The number of carbonyl (C=O) groups is 2. The van der Waals surface area contributed by atoms with Crippen LogP contribution in [0.3, 0.4) is 0 Å². The smallest absolute Gasteiger partial charge is 0.316 e. The Morgan fingerprint density at radius 3 is 2.16 bits per heavy atom. The predicted octanol–water partition coefficient (Wildman–Crippen LogP) is 3.22. The Bertz CT molecular complexity index is 893. The summed E-state index contributed by atoms with van der Waals surface area (Å²) in [6.45, 7) is 0. The Labute approximate surface area is 154 Å². The van der Waals surface area contributed by atoms with Gasteiger partial charge < -0.3 is 11.1 Å². The lowest BCUT2D eigenvalue weighted by atomic mass is 10.0. The molecule has 7 nitrogen and oxygen atoms in total. The van der Waals surface area contributed by atoms with E-state index in [-0.39, 0.29) is 10.8 Å². The second-order valence-corrected chi connectivity index (χ2v) is 7.03. The van der Waals surface area contributed by atoms with Crippen molar-refractivity contribution in [2.75, 3.05) is 11.6 Å². The Balaban J connectivity index is 0.000000550. The summed E-state index contributed by atoms with van der Waals surface area (Å²) >= 11 is 11.8. The summed E-state index contributed by atoms with van der Waals surface area (Å²) in [6.07, 6.45) is 0.715. The first-order valence-corrected chi connectivity index (χ1v) is 9.17. The molecule has 0 heterocycles. The number of amides is 2. The first kappa shape index (κ1) is 20.9. The number of rotatable bonds is 3. The maximum absolute atomic E-state index is 12.5. The van der Waals surface area contributed by atoms with Crippen LogP contribution in [0, 0.1) is 0 Å². The van der Waals surface area contributed by atoms with Crippen molar-refractivity contribution in [1.29, 1.82) is 0 Å². The molecule has 0 spiro atoms. The minimum absolute atomic E-state index is 0.247. The molecule has 10 heteroatoms. The molecule has 0 aromatic heterocycles. The van der Waals surface area contributed by atoms with Gasteiger partial charge >= 0.3 is 6.03 Å². The molecule has 0 unspecified atom stereocenters. The largest absolute Gasteiger partial charge is 0.351 e. The van der Waals surface area contributed by atoms with Gasteiger partial charge in [0.25, 0.3) is 10.1 Å². The van der Waals surface area contributed by atoms with Crippen molar-refractivity contribution in [2.45, 2.75) is 0 Å². The lowest BCUT2D eigenvalue weighted by molar-refractivity contribution is 0.103. The molecule has 0 bridgehead atoms. The van der Waals surface area contributed by atoms with Crippen LogP contribution >= 0.6 is 23.2 Å². The number of anilines is 1. The van der Waals surface area contributed by atoms with Crippen LogP contribution in [0.15, 0.2) is 42.5 Å². The minimum atomic E-state index is -3.67. The van der Waals surface area contributed by atoms with E-state index in [4.69, 9.17) is 33.5 Å². The Morgan fingerprint density at radius 2 is 1.64 bits per heavy atom. The van der Waals surface area contributed by atoms with Crippen LogP contribution in [0.1, 0.15) is 15.9 Å². The molecule has 0 atom stereocenters. The Morgan fingerprint density at radius 1 is 1.08 bits per heavy atom. The maximum Gasteiger partial charge on any atom is 0.316 e. The van der Waals surface area contributed by atoms with E-state index in [1.807, 2.05) is 0 Å². The van der Waals surface area contributed by atoms with Crippen LogP contribution in [-0.2, 0) is 10.1 Å². The quantitative estimate of drug-likeness (QED) is 0.534. The molecule has 25 heavy (non-hydrogen) atoms. The van der Waals surface area contributed by atoms with E-state index in [1.54, 1.807) is 30.3 Å². The second-order valence-electron chi connectivity index (χ2n) is 4.72. The van der Waals surface area contributed by atoms with Crippen molar-refractivity contribution in [2.24, 2.45) is 5.73 Å². The van der Waals surface area contributed by atoms with Crippen LogP contribution in [0.25, 0.3) is 0 Å². The molecule has 2 aromatic carbocycles. The van der Waals surface area contributed by atoms with Crippen LogP contribution in [-0.4, -0.2) is 31.0 Å². The summed E-state index contributed by atoms with van der Waals surface area (Å²) < 4.78 is 25.9. The van der Waals surface area contributed by atoms with Crippen molar-refractivity contribution in [3.05, 3.63) is 63.6 Å². The summed E-state index contributed by atoms with van der Waals surface area (Å²) in [6, 6.07) is 10.4. The molecule has 4 N–H and O–H groups in total. The lowest BCUT2D eigenvalue weighted by Crippen LogP contribution is -2.21. The summed E-state index contributed by atoms with van der Waals surface area (Å²) in [5, 5.41) is 3.09. The number of ketones is 1. The Kier molecular flexibility index (Phi) is 7.38. The van der Waals surface area contributed by atoms with Crippen molar-refractivity contribution < 1.29 is 22.6 Å². The fourth-order valence-electron chi connectivity index (χ4n) is 1.74. The highest BCUT2D eigenvalue weighted by atomic mass is 35.5. The van der Waals surface area contributed by atoms with Gasteiger partial charge in [0, 0.05) is 16.1 Å². The molecule has 134 valence electrons. The van der Waals surface area contributed by atoms with Gasteiger partial charge in [0.1, 0.15) is 0 Å². The normalized spacial score (nSPS) is 10.4. The van der Waals surface area contributed by atoms with E-state index in [2.05, 4.69) is 5.32 Å². The lowest BCUT2D eigenvalue weighted by Gasteiger charge is -2.09. The van der Waals surface area contributed by atoms with Gasteiger partial charge in [0.15, 0.2) is 5.78 Å². The highest BCUT2D eigenvalue weighted by Crippen LogP contribution is 2.26. The SMILES string of the molecule is CS(=O)(=O)O.NC(=O)Nc1ccccc1C(=O)c1ccc(Cl)cc1Cl. The number of nitrogens with one attached hydrogen (secondary N) is 1. The zero-order chi connectivity index (χ0) is 19.2. The van der Waals surface area contributed by atoms with Crippen LogP contribution in [0.2, 0.25) is 10.0 Å². The van der Waals surface area contributed by atoms with Crippen molar-refractivity contribution >= 4 is 50.8 Å². The van der Waals surface area contributed by atoms with Gasteiger partial charge in [-0.05, 0) is 30.3 Å². The average Bonchev–Trinajstić information content (AvgIpc) is 2.45. The number of primary amides is 1. The van der Waals surface area contributed by atoms with E-state index >= 15 is 0 Å². The maximum atomic E-state index is 12.5. The van der Waals surface area contributed by atoms with Crippen molar-refractivity contribution in [3.63, 3.8) is 0 Å². The van der Waals surface area contributed by atoms with Gasteiger partial charge in [-0.15, -0.1) is 0 Å². The Hall–Kier alpha value is -2.13. The summed E-state index contributed by atoms with van der Waals surface area (Å²) in [5.74, 6) is -0.323. The second kappa shape index (κ2) is 8.82. The van der Waals surface area contributed by atoms with Crippen LogP contribution in [0.4, 0.5) is 10.5 Å². The molecule has 2 amide bonds. The topological polar surface area (TPSA) is 127 Å². The van der Waals surface area contributed by atoms with Crippen molar-refractivity contribution in [3.8, 4) is 0 Å². The van der Waals surface area contributed by atoms with Gasteiger partial charge in [-0.1, -0.05) is 35.3 Å². The molecule has 0 fully saturated rings. The standard InChI is InChI=1S/C14H10Cl2N2O2.CH4O3S/c15-8-5-6-9(11(16)7-8)13(19)10-3-1-2-4-12(10)18-14(17)20;1-5(2,3)4/h1-7H,(H3,17,18,20);1H3,(H,2,3,4). The minimum Gasteiger partial charge on any atom is -0.351 e. The van der Waals surface area contributed by atoms with Crippen LogP contribution in [0.5, 0.6) is 0 Å². The monoisotopic (exact) mass is 404 g/mol. The number of urea groups is 1. The van der Waals surface area contributed by atoms with E-state index < -0.39 is 16.1 Å². The molecule has 0 aliphatic carbocycles. The first-order valence-electron chi connectivity index (χ1n) is 6.56. The highest BCUT2D eigenvalue weighted by molar-refractivity contribution is 7.85. The van der Waals surface area contributed by atoms with E-state index in [1.165, 1.54) is 12.1 Å². The fraction of sp³-hybridized carbons (Fsp3) is 0.0667. The van der Waals surface area contributed by atoms with Gasteiger partial charge in [0.2, 0.25) is 0 Å². The number of para-hydroxylation sites is 1. The van der Waals surface area contributed by atoms with E-state index in [0.717, 1.165) is 0 Å². The average molecular weight is 405 g/mol. The zero-order valence-electron chi connectivity index (χ0n) is 12.9. The summed E-state index contributed by atoms with van der Waals surface area (Å²) in [5.41, 5.74) is 6.01. The molecule has 0 saturated carbocycles. The van der Waals surface area contributed by atoms with E-state index in [0.29, 0.717) is 28.1 Å². The third-order valence-corrected chi connectivity index (χ3v) is 3.15. The number of carbonyl (C=O) groups excluding carboxylic acids is 2. The molecule has 0 radical (unpaired) electrons. The molecule has 0 aliphatic heterocycles. The molecule has 0 aliphatic rings. The molecular weight excluding hydrogens is 391 g/mol. The van der Waals surface area contributed by atoms with Crippen molar-refractivity contribution in [1.82, 2.24) is 0 Å². The van der Waals surface area contributed by atoms with Gasteiger partial charge in [-0.2, -0.15) is 8.42 Å². The first-order chi connectivity index (χ1) is 11.5. The zero-order valence-corrected chi connectivity index (χ0v) is 15.2. The predicted molar refractivity (Wildman–Crippen MR) is 97.0 cm³/mol. The summed E-state index contributed by atoms with van der Waals surface area (Å²) in [4.78, 5) is 23.4. The molecular formula is C15H14Cl2N2O5S. The number of hydrogen-bond donors (Lipinski definition) is 3. The fourth-order valence-corrected chi connectivity index (χ4v) is 2.24. The van der Waals surface area contributed by atoms with Gasteiger partial charge in [-0.25, -0.2) is 4.79 Å². The number of hydrogen-bond acceptors (Lipinski definition) is 4. The third-order valence-electron chi connectivity index (χ3n) is 2.61. The number of nitrogens with two attached hydrogens (primary N) is 1. The number of halogens is 2. The van der Waals surface area contributed by atoms with E-state index in [9.17, 15) is 18.0 Å². The van der Waals surface area contributed by atoms with Gasteiger partial charge in [-0.3, -0.25) is 9.35 Å². The molecule has 2 aromatic rings. The highest BCUT2D eigenvalue weighted by Gasteiger charge is 2.17. The third kappa shape index (κ3) is 7.53. The summed E-state index contributed by atoms with van der Waals surface area (Å²) in [7, 11) is -3.67. The van der Waals surface area contributed by atoms with Crippen LogP contribution < -0.4 is 11.1 Å².